The maximum Gasteiger partial charge on any atom is 0.319 e. The van der Waals surface area contributed by atoms with Crippen LogP contribution in [0.5, 0.6) is 28.7 Å². The third-order valence-corrected chi connectivity index (χ3v) is 5.30. The predicted octanol–water partition coefficient (Wildman–Crippen LogP) is 4.74. The van der Waals surface area contributed by atoms with E-state index in [2.05, 4.69) is 15.6 Å². The first-order valence-corrected chi connectivity index (χ1v) is 10.3. The van der Waals surface area contributed by atoms with Crippen LogP contribution in [0.15, 0.2) is 36.5 Å². The molecule has 0 unspecified atom stereocenters. The van der Waals surface area contributed by atoms with E-state index in [1.807, 2.05) is 0 Å². The lowest BCUT2D eigenvalue weighted by Crippen LogP contribution is -2.30. The highest BCUT2D eigenvalue weighted by Gasteiger charge is 2.25. The normalized spacial score (nSPS) is 14.8. The van der Waals surface area contributed by atoms with Gasteiger partial charge in [0, 0.05) is 24.4 Å². The van der Waals surface area contributed by atoms with Gasteiger partial charge in [-0.05, 0) is 31.0 Å². The lowest BCUT2D eigenvalue weighted by Gasteiger charge is -2.23. The van der Waals surface area contributed by atoms with E-state index in [1.54, 1.807) is 43.6 Å². The molecule has 0 saturated heterocycles. The number of hydrogen-bond acceptors (Lipinski definition) is 6. The van der Waals surface area contributed by atoms with Crippen LogP contribution in [0.2, 0.25) is 5.02 Å². The van der Waals surface area contributed by atoms with E-state index in [4.69, 9.17) is 30.5 Å². The summed E-state index contributed by atoms with van der Waals surface area (Å²) in [5.74, 6) is 2.66. The number of hydrogen-bond donors (Lipinski definition) is 2. The molecule has 0 spiro atoms. The Morgan fingerprint density at radius 2 is 1.94 bits per heavy atom. The van der Waals surface area contributed by atoms with Crippen molar-refractivity contribution in [3.8, 4) is 28.7 Å². The van der Waals surface area contributed by atoms with Gasteiger partial charge in [0.1, 0.15) is 24.7 Å². The number of carbonyl (C=O) groups is 1. The number of rotatable bonds is 5. The summed E-state index contributed by atoms with van der Waals surface area (Å²) >= 11 is 6.37. The van der Waals surface area contributed by atoms with E-state index < -0.39 is 0 Å². The maximum atomic E-state index is 12.0. The zero-order chi connectivity index (χ0) is 21.4. The molecule has 1 saturated carbocycles. The molecule has 3 aromatic rings. The Morgan fingerprint density at radius 1 is 1.13 bits per heavy atom. The Balaban J connectivity index is 1.45. The summed E-state index contributed by atoms with van der Waals surface area (Å²) in [4.78, 5) is 16.4. The SMILES string of the molecule is COc1cc2nccc(Oc3ccc(NC(=O)NC4CC4)c(Cl)c3)c2c2c1OCCO2. The molecule has 2 N–H and O–H groups in total. The first-order valence-electron chi connectivity index (χ1n) is 9.92. The lowest BCUT2D eigenvalue weighted by molar-refractivity contribution is 0.167. The molecular formula is C22H20ClN3O5. The van der Waals surface area contributed by atoms with Crippen LogP contribution >= 0.6 is 11.6 Å². The van der Waals surface area contributed by atoms with Crippen LogP contribution in [-0.4, -0.2) is 37.4 Å². The summed E-state index contributed by atoms with van der Waals surface area (Å²) in [6.07, 6.45) is 3.67. The van der Waals surface area contributed by atoms with Gasteiger partial charge in [-0.25, -0.2) is 4.79 Å². The Labute approximate surface area is 183 Å². The molecule has 9 heteroatoms. The summed E-state index contributed by atoms with van der Waals surface area (Å²) in [5.41, 5.74) is 1.16. The van der Waals surface area contributed by atoms with Crippen LogP contribution in [-0.2, 0) is 0 Å². The zero-order valence-corrected chi connectivity index (χ0v) is 17.5. The smallest absolute Gasteiger partial charge is 0.319 e. The summed E-state index contributed by atoms with van der Waals surface area (Å²) in [6.45, 7) is 0.850. The molecule has 2 amide bonds. The third kappa shape index (κ3) is 3.98. The van der Waals surface area contributed by atoms with Crippen molar-refractivity contribution in [2.24, 2.45) is 0 Å². The number of pyridine rings is 1. The molecule has 1 aliphatic carbocycles. The molecule has 0 radical (unpaired) electrons. The Kier molecular flexibility index (Phi) is 5.07. The number of urea groups is 1. The minimum atomic E-state index is -0.268. The minimum absolute atomic E-state index is 0.261. The van der Waals surface area contributed by atoms with Gasteiger partial charge < -0.3 is 29.6 Å². The summed E-state index contributed by atoms with van der Waals surface area (Å²) in [7, 11) is 1.57. The van der Waals surface area contributed by atoms with Gasteiger partial charge in [0.15, 0.2) is 11.5 Å². The molecule has 2 aliphatic rings. The van der Waals surface area contributed by atoms with Crippen molar-refractivity contribution in [1.29, 1.82) is 0 Å². The highest BCUT2D eigenvalue weighted by molar-refractivity contribution is 6.33. The van der Waals surface area contributed by atoms with Crippen molar-refractivity contribution in [3.63, 3.8) is 0 Å². The number of aromatic nitrogens is 1. The second kappa shape index (κ2) is 8.03. The van der Waals surface area contributed by atoms with E-state index in [0.29, 0.717) is 63.6 Å². The Bertz CT molecular complexity index is 1170. The van der Waals surface area contributed by atoms with Crippen LogP contribution in [0.3, 0.4) is 0 Å². The van der Waals surface area contributed by atoms with Gasteiger partial charge in [-0.1, -0.05) is 11.6 Å². The number of amides is 2. The van der Waals surface area contributed by atoms with E-state index in [-0.39, 0.29) is 12.1 Å². The standard InChI is InChI=1S/C22H20ClN3O5/c1-28-18-11-16-19(21-20(18)29-8-9-30-21)17(6-7-24-16)31-13-4-5-15(14(23)10-13)26-22(27)25-12-2-3-12/h4-7,10-12H,2-3,8-9H2,1H3,(H2,25,26,27). The molecule has 2 heterocycles. The third-order valence-electron chi connectivity index (χ3n) is 4.99. The van der Waals surface area contributed by atoms with Gasteiger partial charge in [-0.15, -0.1) is 0 Å². The van der Waals surface area contributed by atoms with Crippen molar-refractivity contribution in [2.75, 3.05) is 25.6 Å². The average Bonchev–Trinajstić information content (AvgIpc) is 3.59. The molecule has 1 aromatic heterocycles. The molecule has 1 fully saturated rings. The van der Waals surface area contributed by atoms with E-state index in [9.17, 15) is 4.79 Å². The largest absolute Gasteiger partial charge is 0.493 e. The van der Waals surface area contributed by atoms with Gasteiger partial charge in [-0.2, -0.15) is 0 Å². The lowest BCUT2D eigenvalue weighted by atomic mass is 10.1. The van der Waals surface area contributed by atoms with Crippen molar-refractivity contribution >= 4 is 34.2 Å². The molecule has 8 nitrogen and oxygen atoms in total. The van der Waals surface area contributed by atoms with Gasteiger partial charge in [0.2, 0.25) is 5.75 Å². The minimum Gasteiger partial charge on any atom is -0.493 e. The number of benzene rings is 2. The number of ether oxygens (including phenoxy) is 4. The maximum absolute atomic E-state index is 12.0. The molecule has 0 atom stereocenters. The van der Waals surface area contributed by atoms with Crippen molar-refractivity contribution in [1.82, 2.24) is 10.3 Å². The van der Waals surface area contributed by atoms with Crippen LogP contribution in [0.25, 0.3) is 10.9 Å². The second-order valence-electron chi connectivity index (χ2n) is 7.25. The molecule has 31 heavy (non-hydrogen) atoms. The van der Waals surface area contributed by atoms with Crippen molar-refractivity contribution in [2.45, 2.75) is 18.9 Å². The van der Waals surface area contributed by atoms with Crippen LogP contribution < -0.4 is 29.6 Å². The molecular weight excluding hydrogens is 422 g/mol. The van der Waals surface area contributed by atoms with Crippen molar-refractivity contribution < 1.29 is 23.7 Å². The molecule has 160 valence electrons. The molecule has 5 rings (SSSR count). The molecule has 1 aliphatic heterocycles. The molecule has 2 aromatic carbocycles. The fourth-order valence-corrected chi connectivity index (χ4v) is 3.59. The van der Waals surface area contributed by atoms with Crippen LogP contribution in [0.4, 0.5) is 10.5 Å². The van der Waals surface area contributed by atoms with Gasteiger partial charge in [0.25, 0.3) is 0 Å². The fourth-order valence-electron chi connectivity index (χ4n) is 3.37. The van der Waals surface area contributed by atoms with E-state index in [0.717, 1.165) is 12.8 Å². The highest BCUT2D eigenvalue weighted by atomic mass is 35.5. The number of halogens is 1. The zero-order valence-electron chi connectivity index (χ0n) is 16.7. The topological polar surface area (TPSA) is 90.9 Å². The number of anilines is 1. The number of nitrogens with one attached hydrogen (secondary N) is 2. The molecule has 0 bridgehead atoms. The first-order chi connectivity index (χ1) is 15.1. The quantitative estimate of drug-likeness (QED) is 0.594. The second-order valence-corrected chi connectivity index (χ2v) is 7.66. The summed E-state index contributed by atoms with van der Waals surface area (Å²) in [6, 6.07) is 8.61. The van der Waals surface area contributed by atoms with Crippen molar-refractivity contribution in [3.05, 3.63) is 41.6 Å². The monoisotopic (exact) mass is 441 g/mol. The van der Waals surface area contributed by atoms with E-state index in [1.165, 1.54) is 0 Å². The van der Waals surface area contributed by atoms with Gasteiger partial charge in [0.05, 0.1) is 28.7 Å². The average molecular weight is 442 g/mol. The number of fused-ring (bicyclic) bond motifs is 3. The highest BCUT2D eigenvalue weighted by Crippen LogP contribution is 2.48. The van der Waals surface area contributed by atoms with Gasteiger partial charge in [-0.3, -0.25) is 4.98 Å². The Hall–Kier alpha value is -3.39. The van der Waals surface area contributed by atoms with Crippen LogP contribution in [0, 0.1) is 0 Å². The Morgan fingerprint density at radius 3 is 2.68 bits per heavy atom. The van der Waals surface area contributed by atoms with Gasteiger partial charge >= 0.3 is 6.03 Å². The predicted molar refractivity (Wildman–Crippen MR) is 116 cm³/mol. The van der Waals surface area contributed by atoms with Crippen LogP contribution in [0.1, 0.15) is 12.8 Å². The first kappa shape index (κ1) is 19.6. The number of carbonyl (C=O) groups excluding carboxylic acids is 1. The summed E-state index contributed by atoms with van der Waals surface area (Å²) in [5, 5.41) is 6.66. The fraction of sp³-hybridized carbons (Fsp3) is 0.273. The summed E-state index contributed by atoms with van der Waals surface area (Å²) < 4.78 is 23.2. The number of methoxy groups -OCH3 is 1. The van der Waals surface area contributed by atoms with E-state index >= 15 is 0 Å². The number of nitrogens with zero attached hydrogens (tertiary/aromatic N) is 1.